The topological polar surface area (TPSA) is 81.7 Å². The second-order valence-corrected chi connectivity index (χ2v) is 5.95. The van der Waals surface area contributed by atoms with Crippen LogP contribution < -0.4 is 10.9 Å². The molecule has 1 fully saturated rings. The van der Waals surface area contributed by atoms with Crippen LogP contribution in [-0.4, -0.2) is 47.6 Å². The first-order valence-corrected chi connectivity index (χ1v) is 7.47. The lowest BCUT2D eigenvalue weighted by Crippen LogP contribution is -2.46. The van der Waals surface area contributed by atoms with Crippen LogP contribution >= 0.6 is 11.3 Å². The van der Waals surface area contributed by atoms with Gasteiger partial charge in [-0.05, 0) is 37.3 Å². The van der Waals surface area contributed by atoms with E-state index in [0.29, 0.717) is 11.4 Å². The molecule has 2 atom stereocenters. The van der Waals surface area contributed by atoms with Crippen molar-refractivity contribution < 1.29 is 14.7 Å². The first-order valence-electron chi connectivity index (χ1n) is 6.59. The molecule has 0 aromatic carbocycles. The van der Waals surface area contributed by atoms with Gasteiger partial charge in [0.25, 0.3) is 11.8 Å². The van der Waals surface area contributed by atoms with E-state index in [1.165, 1.54) is 11.3 Å². The molecular weight excluding hydrogens is 278 g/mol. The normalized spacial score (nSPS) is 20.6. The second kappa shape index (κ2) is 6.83. The number of hydrogen-bond donors (Lipinski definition) is 3. The summed E-state index contributed by atoms with van der Waals surface area (Å²) in [5.74, 6) is -0.332. The molecule has 0 aliphatic carbocycles. The van der Waals surface area contributed by atoms with Crippen LogP contribution in [0.1, 0.15) is 23.0 Å². The van der Waals surface area contributed by atoms with Gasteiger partial charge in [0, 0.05) is 6.54 Å². The van der Waals surface area contributed by atoms with E-state index >= 15 is 0 Å². The molecule has 3 N–H and O–H groups in total. The summed E-state index contributed by atoms with van der Waals surface area (Å²) in [6, 6.07) is 3.47. The first kappa shape index (κ1) is 15.0. The van der Waals surface area contributed by atoms with Crippen LogP contribution in [0, 0.1) is 5.92 Å². The second-order valence-electron chi connectivity index (χ2n) is 5.00. The Kier molecular flexibility index (Phi) is 5.11. The fourth-order valence-corrected chi connectivity index (χ4v) is 2.86. The third-order valence-electron chi connectivity index (χ3n) is 3.42. The molecule has 0 spiro atoms. The summed E-state index contributed by atoms with van der Waals surface area (Å²) >= 11 is 1.32. The molecule has 1 aliphatic rings. The van der Waals surface area contributed by atoms with Crippen LogP contribution in [0.2, 0.25) is 0 Å². The molecule has 1 saturated heterocycles. The number of hydrazine groups is 1. The number of aliphatic hydroxyl groups is 1. The average Bonchev–Trinajstić information content (AvgIpc) is 3.06. The standard InChI is InChI=1S/C13H19N3O3S/c1-9(17)10-4-5-16(7-10)8-12(18)14-15-13(19)11-3-2-6-20-11/h2-3,6,9-10,17H,4-5,7-8H2,1H3,(H,14,18)(H,15,19). The maximum atomic E-state index is 11.7. The number of carbonyl (C=O) groups is 2. The van der Waals surface area contributed by atoms with Crippen molar-refractivity contribution in [1.29, 1.82) is 0 Å². The molecule has 20 heavy (non-hydrogen) atoms. The van der Waals surface area contributed by atoms with E-state index in [1.807, 2.05) is 4.90 Å². The summed E-state index contributed by atoms with van der Waals surface area (Å²) in [7, 11) is 0. The molecule has 1 aromatic rings. The number of amides is 2. The summed E-state index contributed by atoms with van der Waals surface area (Å²) in [4.78, 5) is 25.9. The van der Waals surface area contributed by atoms with Crippen molar-refractivity contribution in [3.63, 3.8) is 0 Å². The predicted molar refractivity (Wildman–Crippen MR) is 76.2 cm³/mol. The fourth-order valence-electron chi connectivity index (χ4n) is 2.24. The Hall–Kier alpha value is -1.44. The number of carbonyl (C=O) groups excluding carboxylic acids is 2. The molecule has 6 nitrogen and oxygen atoms in total. The molecule has 7 heteroatoms. The van der Waals surface area contributed by atoms with Gasteiger partial charge in [0.05, 0.1) is 17.5 Å². The van der Waals surface area contributed by atoms with Crippen molar-refractivity contribution in [2.75, 3.05) is 19.6 Å². The lowest BCUT2D eigenvalue weighted by atomic mass is 10.0. The van der Waals surface area contributed by atoms with Crippen molar-refractivity contribution in [3.05, 3.63) is 22.4 Å². The minimum atomic E-state index is -0.346. The highest BCUT2D eigenvalue weighted by atomic mass is 32.1. The van der Waals surface area contributed by atoms with Gasteiger partial charge in [0.1, 0.15) is 0 Å². The molecule has 0 bridgehead atoms. The summed E-state index contributed by atoms with van der Waals surface area (Å²) in [5.41, 5.74) is 4.79. The maximum absolute atomic E-state index is 11.7. The third kappa shape index (κ3) is 4.03. The largest absolute Gasteiger partial charge is 0.393 e. The van der Waals surface area contributed by atoms with Gasteiger partial charge in [-0.15, -0.1) is 11.3 Å². The zero-order valence-corrected chi connectivity index (χ0v) is 12.2. The lowest BCUT2D eigenvalue weighted by Gasteiger charge is -2.17. The smallest absolute Gasteiger partial charge is 0.279 e. The van der Waals surface area contributed by atoms with E-state index in [1.54, 1.807) is 24.4 Å². The Morgan fingerprint density at radius 1 is 1.55 bits per heavy atom. The summed E-state index contributed by atoms with van der Waals surface area (Å²) < 4.78 is 0. The van der Waals surface area contributed by atoms with Crippen molar-refractivity contribution in [2.24, 2.45) is 5.92 Å². The number of aliphatic hydroxyl groups excluding tert-OH is 1. The third-order valence-corrected chi connectivity index (χ3v) is 4.29. The van der Waals surface area contributed by atoms with Gasteiger partial charge in [-0.25, -0.2) is 0 Å². The van der Waals surface area contributed by atoms with Crippen molar-refractivity contribution in [2.45, 2.75) is 19.4 Å². The van der Waals surface area contributed by atoms with Crippen LogP contribution in [0.5, 0.6) is 0 Å². The molecule has 0 saturated carbocycles. The van der Waals surface area contributed by atoms with Crippen LogP contribution in [-0.2, 0) is 4.79 Å². The highest BCUT2D eigenvalue weighted by molar-refractivity contribution is 7.12. The van der Waals surface area contributed by atoms with Gasteiger partial charge < -0.3 is 5.11 Å². The Labute approximate surface area is 121 Å². The highest BCUT2D eigenvalue weighted by Crippen LogP contribution is 2.18. The number of hydrogen-bond acceptors (Lipinski definition) is 5. The fraction of sp³-hybridized carbons (Fsp3) is 0.538. The van der Waals surface area contributed by atoms with E-state index in [-0.39, 0.29) is 30.4 Å². The van der Waals surface area contributed by atoms with Gasteiger partial charge in [0.15, 0.2) is 0 Å². The monoisotopic (exact) mass is 297 g/mol. The van der Waals surface area contributed by atoms with E-state index in [4.69, 9.17) is 0 Å². The van der Waals surface area contributed by atoms with Crippen LogP contribution in [0.4, 0.5) is 0 Å². The predicted octanol–water partition coefficient (Wildman–Crippen LogP) is 0.212. The average molecular weight is 297 g/mol. The number of rotatable bonds is 4. The quantitative estimate of drug-likeness (QED) is 0.694. The van der Waals surface area contributed by atoms with Gasteiger partial charge in [-0.1, -0.05) is 6.07 Å². The molecule has 0 radical (unpaired) electrons. The molecule has 110 valence electrons. The van der Waals surface area contributed by atoms with Crippen LogP contribution in [0.3, 0.4) is 0 Å². The molecule has 2 amide bonds. The van der Waals surface area contributed by atoms with Gasteiger partial charge in [-0.2, -0.15) is 0 Å². The minimum absolute atomic E-state index is 0.225. The number of thiophene rings is 1. The molecule has 1 aliphatic heterocycles. The highest BCUT2D eigenvalue weighted by Gasteiger charge is 2.27. The lowest BCUT2D eigenvalue weighted by molar-refractivity contribution is -0.122. The SMILES string of the molecule is CC(O)C1CCN(CC(=O)NNC(=O)c2cccs2)C1. The molecule has 2 unspecified atom stereocenters. The zero-order chi connectivity index (χ0) is 14.5. The van der Waals surface area contributed by atoms with Gasteiger partial charge >= 0.3 is 0 Å². The van der Waals surface area contributed by atoms with Crippen molar-refractivity contribution >= 4 is 23.2 Å². The van der Waals surface area contributed by atoms with E-state index < -0.39 is 0 Å². The van der Waals surface area contributed by atoms with Gasteiger partial charge in [-0.3, -0.25) is 25.3 Å². The zero-order valence-electron chi connectivity index (χ0n) is 11.3. The Morgan fingerprint density at radius 2 is 2.35 bits per heavy atom. The van der Waals surface area contributed by atoms with Crippen molar-refractivity contribution in [1.82, 2.24) is 15.8 Å². The molecule has 2 heterocycles. The Morgan fingerprint density at radius 3 is 2.95 bits per heavy atom. The van der Waals surface area contributed by atoms with Crippen molar-refractivity contribution in [3.8, 4) is 0 Å². The summed E-state index contributed by atoms with van der Waals surface area (Å²) in [6.07, 6.45) is 0.550. The number of likely N-dealkylation sites (tertiary alicyclic amines) is 1. The van der Waals surface area contributed by atoms with E-state index in [2.05, 4.69) is 10.9 Å². The van der Waals surface area contributed by atoms with Crippen LogP contribution in [0.25, 0.3) is 0 Å². The number of nitrogens with zero attached hydrogens (tertiary/aromatic N) is 1. The first-order chi connectivity index (χ1) is 9.56. The molecule has 1 aromatic heterocycles. The maximum Gasteiger partial charge on any atom is 0.279 e. The van der Waals surface area contributed by atoms with E-state index in [0.717, 1.165) is 13.0 Å². The number of nitrogens with one attached hydrogen (secondary N) is 2. The Balaban J connectivity index is 1.70. The molecular formula is C13H19N3O3S. The van der Waals surface area contributed by atoms with Gasteiger partial charge in [0.2, 0.25) is 0 Å². The Bertz CT molecular complexity index is 461. The molecule has 2 rings (SSSR count). The minimum Gasteiger partial charge on any atom is -0.393 e. The van der Waals surface area contributed by atoms with Crippen LogP contribution in [0.15, 0.2) is 17.5 Å². The summed E-state index contributed by atoms with van der Waals surface area (Å²) in [5, 5.41) is 11.3. The summed E-state index contributed by atoms with van der Waals surface area (Å²) in [6.45, 7) is 3.51. The van der Waals surface area contributed by atoms with E-state index in [9.17, 15) is 14.7 Å².